The van der Waals surface area contributed by atoms with E-state index in [-0.39, 0.29) is 22.8 Å². The molecule has 0 aliphatic rings. The van der Waals surface area contributed by atoms with E-state index in [1.54, 1.807) is 0 Å². The second-order valence-electron chi connectivity index (χ2n) is 3.00. The summed E-state index contributed by atoms with van der Waals surface area (Å²) in [6.45, 7) is 0. The van der Waals surface area contributed by atoms with E-state index in [1.165, 1.54) is 12.1 Å². The lowest BCUT2D eigenvalue weighted by atomic mass is 10.3. The highest BCUT2D eigenvalue weighted by atomic mass is 79.9. The van der Waals surface area contributed by atoms with Crippen molar-refractivity contribution in [3.63, 3.8) is 0 Å². The molecule has 1 N–H and O–H groups in total. The SMILES string of the molecule is Fc1cc(Cl)c(Nc2nnc(CCl)o2)c(Br)c1. The van der Waals surface area contributed by atoms with E-state index >= 15 is 0 Å². The highest BCUT2D eigenvalue weighted by Gasteiger charge is 2.12. The minimum Gasteiger partial charge on any atom is -0.407 e. The number of nitrogens with zero attached hydrogens (tertiary/aromatic N) is 2. The van der Waals surface area contributed by atoms with Crippen LogP contribution in [0.1, 0.15) is 5.89 Å². The number of benzene rings is 1. The first-order chi connectivity index (χ1) is 8.10. The number of anilines is 2. The van der Waals surface area contributed by atoms with E-state index in [9.17, 15) is 4.39 Å². The Hall–Kier alpha value is -0.850. The molecule has 0 unspecified atom stereocenters. The van der Waals surface area contributed by atoms with Gasteiger partial charge in [-0.1, -0.05) is 16.7 Å². The van der Waals surface area contributed by atoms with Crippen molar-refractivity contribution in [3.05, 3.63) is 33.3 Å². The molecule has 0 bridgehead atoms. The number of aromatic nitrogens is 2. The second-order valence-corrected chi connectivity index (χ2v) is 4.53. The summed E-state index contributed by atoms with van der Waals surface area (Å²) in [5.41, 5.74) is 0.442. The van der Waals surface area contributed by atoms with Crippen LogP contribution in [-0.4, -0.2) is 10.2 Å². The molecule has 0 aliphatic heterocycles. The van der Waals surface area contributed by atoms with Crippen molar-refractivity contribution in [3.8, 4) is 0 Å². The minimum atomic E-state index is -0.445. The van der Waals surface area contributed by atoms with Gasteiger partial charge in [-0.3, -0.25) is 0 Å². The summed E-state index contributed by atoms with van der Waals surface area (Å²) in [5, 5.41) is 10.3. The molecule has 2 rings (SSSR count). The third kappa shape index (κ3) is 2.88. The topological polar surface area (TPSA) is 51.0 Å². The van der Waals surface area contributed by atoms with E-state index in [4.69, 9.17) is 27.6 Å². The molecular formula is C9H5BrCl2FN3O. The number of hydrogen-bond acceptors (Lipinski definition) is 4. The number of hydrogen-bond donors (Lipinski definition) is 1. The van der Waals surface area contributed by atoms with Crippen LogP contribution in [0.3, 0.4) is 0 Å². The maximum Gasteiger partial charge on any atom is 0.320 e. The van der Waals surface area contributed by atoms with Gasteiger partial charge in [0.05, 0.1) is 10.7 Å². The van der Waals surface area contributed by atoms with E-state index in [2.05, 4.69) is 31.4 Å². The van der Waals surface area contributed by atoms with E-state index in [0.717, 1.165) is 0 Å². The van der Waals surface area contributed by atoms with Gasteiger partial charge in [-0.2, -0.15) is 0 Å². The van der Waals surface area contributed by atoms with E-state index < -0.39 is 5.82 Å². The molecule has 0 amide bonds. The lowest BCUT2D eigenvalue weighted by Crippen LogP contribution is -1.93. The van der Waals surface area contributed by atoms with Crippen molar-refractivity contribution in [2.75, 3.05) is 5.32 Å². The summed E-state index contributed by atoms with van der Waals surface area (Å²) in [6, 6.07) is 2.58. The molecule has 0 saturated heterocycles. The molecule has 4 nitrogen and oxygen atoms in total. The van der Waals surface area contributed by atoms with Crippen LogP contribution in [0.25, 0.3) is 0 Å². The van der Waals surface area contributed by atoms with Crippen LogP contribution in [0.15, 0.2) is 21.0 Å². The van der Waals surface area contributed by atoms with Gasteiger partial charge in [0, 0.05) is 4.47 Å². The Bertz CT molecular complexity index is 526. The van der Waals surface area contributed by atoms with Gasteiger partial charge in [-0.05, 0) is 28.1 Å². The highest BCUT2D eigenvalue weighted by molar-refractivity contribution is 9.10. The summed E-state index contributed by atoms with van der Waals surface area (Å²) >= 11 is 14.6. The van der Waals surface area contributed by atoms with Gasteiger partial charge in [-0.25, -0.2) is 4.39 Å². The molecule has 0 saturated carbocycles. The number of nitrogens with one attached hydrogen (secondary N) is 1. The first-order valence-electron chi connectivity index (χ1n) is 4.40. The predicted molar refractivity (Wildman–Crippen MR) is 66.2 cm³/mol. The lowest BCUT2D eigenvalue weighted by molar-refractivity contribution is 0.530. The summed E-state index contributed by atoms with van der Waals surface area (Å²) in [6.07, 6.45) is 0. The van der Waals surface area contributed by atoms with E-state index in [0.29, 0.717) is 10.2 Å². The van der Waals surface area contributed by atoms with Gasteiger partial charge >= 0.3 is 6.01 Å². The molecular weight excluding hydrogens is 336 g/mol. The van der Waals surface area contributed by atoms with Crippen molar-refractivity contribution in [1.29, 1.82) is 0 Å². The lowest BCUT2D eigenvalue weighted by Gasteiger charge is -2.06. The van der Waals surface area contributed by atoms with Crippen molar-refractivity contribution in [2.45, 2.75) is 5.88 Å². The summed E-state index contributed by atoms with van der Waals surface area (Å²) < 4.78 is 18.6. The zero-order chi connectivity index (χ0) is 12.4. The molecule has 0 fully saturated rings. The largest absolute Gasteiger partial charge is 0.407 e. The standard InChI is InChI=1S/C9H5BrCl2FN3O/c10-5-1-4(13)2-6(12)8(5)14-9-16-15-7(3-11)17-9/h1-2H,3H2,(H,14,16). The fraction of sp³-hybridized carbons (Fsp3) is 0.111. The number of rotatable bonds is 3. The summed E-state index contributed by atoms with van der Waals surface area (Å²) in [4.78, 5) is 0. The molecule has 1 aromatic carbocycles. The predicted octanol–water partition coefficient (Wildman–Crippen LogP) is 4.11. The highest BCUT2D eigenvalue weighted by Crippen LogP contribution is 2.33. The third-order valence-electron chi connectivity index (χ3n) is 1.82. The smallest absolute Gasteiger partial charge is 0.320 e. The quantitative estimate of drug-likeness (QED) is 0.854. The summed E-state index contributed by atoms with van der Waals surface area (Å²) in [7, 11) is 0. The average Bonchev–Trinajstić information content (AvgIpc) is 2.71. The molecule has 8 heteroatoms. The molecule has 0 aliphatic carbocycles. The van der Waals surface area contributed by atoms with Gasteiger partial charge in [-0.15, -0.1) is 16.7 Å². The Morgan fingerprint density at radius 3 is 2.76 bits per heavy atom. The van der Waals surface area contributed by atoms with Gasteiger partial charge < -0.3 is 9.73 Å². The Morgan fingerprint density at radius 1 is 1.41 bits per heavy atom. The molecule has 0 spiro atoms. The van der Waals surface area contributed by atoms with Crippen molar-refractivity contribution in [2.24, 2.45) is 0 Å². The minimum absolute atomic E-state index is 0.118. The fourth-order valence-corrected chi connectivity index (χ4v) is 2.13. The molecule has 1 heterocycles. The van der Waals surface area contributed by atoms with Crippen LogP contribution in [0.2, 0.25) is 5.02 Å². The Labute approximate surface area is 114 Å². The fourth-order valence-electron chi connectivity index (χ4n) is 1.13. The van der Waals surface area contributed by atoms with Crippen LogP contribution in [0.5, 0.6) is 0 Å². The van der Waals surface area contributed by atoms with Gasteiger partial charge in [0.15, 0.2) is 0 Å². The maximum absolute atomic E-state index is 13.0. The van der Waals surface area contributed by atoms with Crippen LogP contribution in [-0.2, 0) is 5.88 Å². The van der Waals surface area contributed by atoms with Crippen LogP contribution < -0.4 is 5.32 Å². The molecule has 0 radical (unpaired) electrons. The molecule has 0 atom stereocenters. The van der Waals surface area contributed by atoms with Crippen molar-refractivity contribution in [1.82, 2.24) is 10.2 Å². The van der Waals surface area contributed by atoms with Crippen molar-refractivity contribution >= 4 is 50.8 Å². The molecule has 17 heavy (non-hydrogen) atoms. The van der Waals surface area contributed by atoms with Crippen LogP contribution in [0.4, 0.5) is 16.1 Å². The first kappa shape index (κ1) is 12.6. The summed E-state index contributed by atoms with van der Waals surface area (Å²) in [5.74, 6) is -0.0459. The molecule has 90 valence electrons. The van der Waals surface area contributed by atoms with E-state index in [1.807, 2.05) is 0 Å². The normalized spacial score (nSPS) is 10.6. The van der Waals surface area contributed by atoms with Gasteiger partial charge in [0.1, 0.15) is 11.7 Å². The van der Waals surface area contributed by atoms with Gasteiger partial charge in [0.25, 0.3) is 0 Å². The zero-order valence-electron chi connectivity index (χ0n) is 8.18. The zero-order valence-corrected chi connectivity index (χ0v) is 11.3. The van der Waals surface area contributed by atoms with Crippen LogP contribution >= 0.6 is 39.1 Å². The molecule has 1 aromatic heterocycles. The second kappa shape index (κ2) is 5.20. The van der Waals surface area contributed by atoms with Gasteiger partial charge in [0.2, 0.25) is 5.89 Å². The maximum atomic E-state index is 13.0. The monoisotopic (exact) mass is 339 g/mol. The first-order valence-corrected chi connectivity index (χ1v) is 6.10. The van der Waals surface area contributed by atoms with Crippen molar-refractivity contribution < 1.29 is 8.81 Å². The Kier molecular flexibility index (Phi) is 3.86. The Balaban J connectivity index is 2.29. The average molecular weight is 341 g/mol. The third-order valence-corrected chi connectivity index (χ3v) is 2.97. The number of alkyl halides is 1. The number of halogens is 4. The van der Waals surface area contributed by atoms with Crippen LogP contribution in [0, 0.1) is 5.82 Å². The molecule has 2 aromatic rings. The Morgan fingerprint density at radius 2 is 2.18 bits per heavy atom.